The van der Waals surface area contributed by atoms with Gasteiger partial charge in [-0.15, -0.1) is 0 Å². The summed E-state index contributed by atoms with van der Waals surface area (Å²) in [5.41, 5.74) is 8.61. The molecule has 25 heavy (non-hydrogen) atoms. The minimum absolute atomic E-state index is 0.154. The smallest absolute Gasteiger partial charge is 0.335 e. The van der Waals surface area contributed by atoms with Crippen LogP contribution in [0, 0.1) is 6.92 Å². The molecule has 2 aromatic heterocycles. The lowest BCUT2D eigenvalue weighted by Crippen LogP contribution is -2.29. The third-order valence-corrected chi connectivity index (χ3v) is 4.49. The van der Waals surface area contributed by atoms with Gasteiger partial charge < -0.3 is 25.5 Å². The maximum Gasteiger partial charge on any atom is 0.335 e. The van der Waals surface area contributed by atoms with Crippen molar-refractivity contribution in [3.05, 3.63) is 23.3 Å². The summed E-state index contributed by atoms with van der Waals surface area (Å²) in [5, 5.41) is 13.3. The summed E-state index contributed by atoms with van der Waals surface area (Å²) in [4.78, 5) is 22.2. The van der Waals surface area contributed by atoms with Crippen LogP contribution in [0.4, 0.5) is 11.8 Å². The zero-order chi connectivity index (χ0) is 17.6. The number of hydrogen-bond acceptors (Lipinski definition) is 7. The number of aryl methyl sites for hydroxylation is 1. The Morgan fingerprint density at radius 2 is 2.12 bits per heavy atom. The highest BCUT2D eigenvalue weighted by Gasteiger charge is 2.22. The third-order valence-electron chi connectivity index (χ3n) is 4.49. The van der Waals surface area contributed by atoms with Crippen molar-refractivity contribution < 1.29 is 14.3 Å². The van der Waals surface area contributed by atoms with Crippen LogP contribution in [-0.4, -0.2) is 47.2 Å². The van der Waals surface area contributed by atoms with Crippen molar-refractivity contribution in [2.24, 2.45) is 0 Å². The van der Waals surface area contributed by atoms with Crippen molar-refractivity contribution in [3.8, 4) is 0 Å². The second kappa shape index (κ2) is 5.89. The number of hydrogen-bond donors (Lipinski definition) is 3. The largest absolute Gasteiger partial charge is 0.478 e. The van der Waals surface area contributed by atoms with Crippen LogP contribution in [0.2, 0.25) is 0 Å². The lowest BCUT2D eigenvalue weighted by molar-refractivity contribution is 0.0697. The third kappa shape index (κ3) is 2.64. The van der Waals surface area contributed by atoms with Crippen molar-refractivity contribution >= 4 is 39.8 Å². The minimum atomic E-state index is -0.986. The van der Waals surface area contributed by atoms with Gasteiger partial charge in [-0.05, 0) is 37.6 Å². The number of nitrogens with one attached hydrogen (secondary N) is 1. The van der Waals surface area contributed by atoms with Gasteiger partial charge in [0.25, 0.3) is 0 Å². The standard InChI is InChI=1S/C17H19N5O3/c1-9-7-10(16(23)24)8-11-12-14(25-13(9)11)15(21-17(18)20-12)22-5-2-3-19-4-6-22/h7-8,19H,2-6H2,1H3,(H,23,24)(H2,18,20,21). The molecule has 1 aliphatic heterocycles. The van der Waals surface area contributed by atoms with Crippen molar-refractivity contribution in [3.63, 3.8) is 0 Å². The zero-order valence-electron chi connectivity index (χ0n) is 13.9. The number of carbonyl (C=O) groups is 1. The normalized spacial score (nSPS) is 15.6. The molecule has 8 heteroatoms. The molecule has 1 fully saturated rings. The van der Waals surface area contributed by atoms with Gasteiger partial charge in [-0.3, -0.25) is 0 Å². The van der Waals surface area contributed by atoms with E-state index in [2.05, 4.69) is 20.2 Å². The molecule has 1 saturated heterocycles. The molecule has 0 radical (unpaired) electrons. The molecule has 0 bridgehead atoms. The number of fused-ring (bicyclic) bond motifs is 3. The van der Waals surface area contributed by atoms with E-state index in [1.54, 1.807) is 12.1 Å². The average molecular weight is 341 g/mol. The van der Waals surface area contributed by atoms with Gasteiger partial charge >= 0.3 is 5.97 Å². The van der Waals surface area contributed by atoms with Crippen molar-refractivity contribution in [1.82, 2.24) is 15.3 Å². The molecular weight excluding hydrogens is 322 g/mol. The second-order valence-corrected chi connectivity index (χ2v) is 6.25. The van der Waals surface area contributed by atoms with E-state index >= 15 is 0 Å². The topological polar surface area (TPSA) is 118 Å². The fourth-order valence-electron chi connectivity index (χ4n) is 3.31. The van der Waals surface area contributed by atoms with Crippen LogP contribution in [0.25, 0.3) is 22.1 Å². The van der Waals surface area contributed by atoms with Gasteiger partial charge in [0.05, 0.1) is 5.56 Å². The molecule has 0 saturated carbocycles. The minimum Gasteiger partial charge on any atom is -0.478 e. The number of carboxylic acid groups (broad SMARTS) is 1. The Kier molecular flexibility index (Phi) is 3.69. The van der Waals surface area contributed by atoms with Gasteiger partial charge in [-0.2, -0.15) is 4.98 Å². The van der Waals surface area contributed by atoms with Gasteiger partial charge in [-0.1, -0.05) is 0 Å². The molecule has 0 atom stereocenters. The Balaban J connectivity index is 1.98. The van der Waals surface area contributed by atoms with E-state index in [0.717, 1.165) is 38.2 Å². The summed E-state index contributed by atoms with van der Waals surface area (Å²) in [6.07, 6.45) is 0.994. The molecule has 3 heterocycles. The molecule has 4 N–H and O–H groups in total. The van der Waals surface area contributed by atoms with Crippen LogP contribution in [0.1, 0.15) is 22.3 Å². The van der Waals surface area contributed by atoms with E-state index in [9.17, 15) is 9.90 Å². The fraction of sp³-hybridized carbons (Fsp3) is 0.353. The Labute approximate surface area is 143 Å². The Morgan fingerprint density at radius 1 is 1.28 bits per heavy atom. The summed E-state index contributed by atoms with van der Waals surface area (Å²) < 4.78 is 6.06. The Morgan fingerprint density at radius 3 is 2.92 bits per heavy atom. The average Bonchev–Trinajstić information content (AvgIpc) is 2.77. The van der Waals surface area contributed by atoms with Gasteiger partial charge in [0, 0.05) is 25.0 Å². The van der Waals surface area contributed by atoms with Crippen LogP contribution in [-0.2, 0) is 0 Å². The van der Waals surface area contributed by atoms with Crippen LogP contribution in [0.3, 0.4) is 0 Å². The number of furan rings is 1. The summed E-state index contributed by atoms with van der Waals surface area (Å²) in [6, 6.07) is 3.18. The molecule has 0 spiro atoms. The maximum absolute atomic E-state index is 11.4. The predicted octanol–water partition coefficient (Wildman–Crippen LogP) is 1.76. The monoisotopic (exact) mass is 341 g/mol. The first-order valence-electron chi connectivity index (χ1n) is 8.24. The van der Waals surface area contributed by atoms with E-state index in [1.807, 2.05) is 6.92 Å². The highest BCUT2D eigenvalue weighted by Crippen LogP contribution is 2.35. The first-order valence-corrected chi connectivity index (χ1v) is 8.24. The van der Waals surface area contributed by atoms with Crippen LogP contribution in [0.5, 0.6) is 0 Å². The summed E-state index contributed by atoms with van der Waals surface area (Å²) in [5.74, 6) is -0.167. The highest BCUT2D eigenvalue weighted by molar-refractivity contribution is 6.09. The van der Waals surface area contributed by atoms with Crippen molar-refractivity contribution in [1.29, 1.82) is 0 Å². The number of anilines is 2. The van der Waals surface area contributed by atoms with Gasteiger partial charge in [-0.25, -0.2) is 9.78 Å². The van der Waals surface area contributed by atoms with Gasteiger partial charge in [0.15, 0.2) is 11.4 Å². The molecule has 130 valence electrons. The highest BCUT2D eigenvalue weighted by atomic mass is 16.4. The molecule has 1 aliphatic rings. The fourth-order valence-corrected chi connectivity index (χ4v) is 3.31. The molecule has 0 unspecified atom stereocenters. The number of aromatic nitrogens is 2. The number of carboxylic acids is 1. The molecule has 4 rings (SSSR count). The SMILES string of the molecule is Cc1cc(C(=O)O)cc2c1oc1c(N3CCCNCC3)nc(N)nc12. The number of benzene rings is 1. The Bertz CT molecular complexity index is 973. The van der Waals surface area contributed by atoms with Crippen LogP contribution >= 0.6 is 0 Å². The first kappa shape index (κ1) is 15.6. The number of aromatic carboxylic acids is 1. The van der Waals surface area contributed by atoms with E-state index in [4.69, 9.17) is 10.2 Å². The zero-order valence-corrected chi connectivity index (χ0v) is 13.9. The molecule has 0 amide bonds. The van der Waals surface area contributed by atoms with E-state index < -0.39 is 5.97 Å². The second-order valence-electron chi connectivity index (χ2n) is 6.25. The molecular formula is C17H19N5O3. The van der Waals surface area contributed by atoms with Crippen LogP contribution < -0.4 is 16.0 Å². The predicted molar refractivity (Wildman–Crippen MR) is 95.1 cm³/mol. The molecule has 3 aromatic rings. The summed E-state index contributed by atoms with van der Waals surface area (Å²) >= 11 is 0. The number of nitrogens with two attached hydrogens (primary N) is 1. The summed E-state index contributed by atoms with van der Waals surface area (Å²) in [7, 11) is 0. The lowest BCUT2D eigenvalue weighted by Gasteiger charge is -2.20. The van der Waals surface area contributed by atoms with E-state index in [-0.39, 0.29) is 11.5 Å². The van der Waals surface area contributed by atoms with Gasteiger partial charge in [0.2, 0.25) is 5.95 Å². The lowest BCUT2D eigenvalue weighted by atomic mass is 10.1. The summed E-state index contributed by atoms with van der Waals surface area (Å²) in [6.45, 7) is 5.27. The van der Waals surface area contributed by atoms with Crippen molar-refractivity contribution in [2.75, 3.05) is 36.8 Å². The quantitative estimate of drug-likeness (QED) is 0.645. The molecule has 8 nitrogen and oxygen atoms in total. The van der Waals surface area contributed by atoms with E-state index in [1.165, 1.54) is 0 Å². The first-order chi connectivity index (χ1) is 12.0. The molecule has 1 aromatic carbocycles. The number of nitrogen functional groups attached to an aromatic ring is 1. The maximum atomic E-state index is 11.4. The molecule has 0 aliphatic carbocycles. The number of nitrogens with zero attached hydrogens (tertiary/aromatic N) is 3. The van der Waals surface area contributed by atoms with Crippen molar-refractivity contribution in [2.45, 2.75) is 13.3 Å². The Hall–Kier alpha value is -2.87. The van der Waals surface area contributed by atoms with E-state index in [0.29, 0.717) is 27.9 Å². The van der Waals surface area contributed by atoms with Crippen LogP contribution in [0.15, 0.2) is 16.5 Å². The van der Waals surface area contributed by atoms with Gasteiger partial charge in [0.1, 0.15) is 11.1 Å². The number of rotatable bonds is 2.